The Labute approximate surface area is 106 Å². The number of nitrogens with one attached hydrogen (secondary N) is 1. The van der Waals surface area contributed by atoms with E-state index in [4.69, 9.17) is 9.15 Å². The summed E-state index contributed by atoms with van der Waals surface area (Å²) in [5.74, 6) is 2.54. The summed E-state index contributed by atoms with van der Waals surface area (Å²) in [6, 6.07) is 7.95. The number of oxazole rings is 1. The molecule has 3 rings (SSSR count). The summed E-state index contributed by atoms with van der Waals surface area (Å²) < 4.78 is 11.4. The Morgan fingerprint density at radius 2 is 2.28 bits per heavy atom. The van der Waals surface area contributed by atoms with E-state index in [1.807, 2.05) is 31.2 Å². The largest absolute Gasteiger partial charge is 0.484 e. The average Bonchev–Trinajstić information content (AvgIpc) is 2.80. The Kier molecular flexibility index (Phi) is 3.02. The van der Waals surface area contributed by atoms with Crippen LogP contribution in [0.2, 0.25) is 0 Å². The third-order valence-electron chi connectivity index (χ3n) is 3.09. The maximum Gasteiger partial charge on any atom is 0.232 e. The normalized spacial score (nSPS) is 14.3. The van der Waals surface area contributed by atoms with Crippen molar-refractivity contribution in [3.05, 3.63) is 47.2 Å². The molecule has 4 nitrogen and oxygen atoms in total. The Balaban J connectivity index is 1.70. The first-order valence-corrected chi connectivity index (χ1v) is 6.19. The molecule has 1 N–H and O–H groups in total. The quantitative estimate of drug-likeness (QED) is 0.899. The van der Waals surface area contributed by atoms with Crippen LogP contribution in [0.15, 0.2) is 28.7 Å². The molecule has 18 heavy (non-hydrogen) atoms. The van der Waals surface area contributed by atoms with Crippen LogP contribution in [0.3, 0.4) is 0 Å². The van der Waals surface area contributed by atoms with Crippen LogP contribution in [-0.2, 0) is 19.6 Å². The lowest BCUT2D eigenvalue weighted by atomic mass is 10.2. The summed E-state index contributed by atoms with van der Waals surface area (Å²) in [6.07, 6.45) is 0.909. The van der Waals surface area contributed by atoms with Crippen LogP contribution in [0, 0.1) is 6.92 Å². The first-order chi connectivity index (χ1) is 8.83. The molecular weight excluding hydrogens is 228 g/mol. The van der Waals surface area contributed by atoms with Gasteiger partial charge in [0, 0.05) is 19.5 Å². The molecule has 2 heterocycles. The van der Waals surface area contributed by atoms with Crippen molar-refractivity contribution < 1.29 is 9.15 Å². The van der Waals surface area contributed by atoms with E-state index in [-0.39, 0.29) is 0 Å². The maximum atomic E-state index is 5.72. The number of aryl methyl sites for hydroxylation is 1. The summed E-state index contributed by atoms with van der Waals surface area (Å²) in [5.41, 5.74) is 2.14. The highest BCUT2D eigenvalue weighted by Gasteiger charge is 2.16. The van der Waals surface area contributed by atoms with Crippen LogP contribution in [-0.4, -0.2) is 11.5 Å². The van der Waals surface area contributed by atoms with Crippen molar-refractivity contribution in [1.29, 1.82) is 0 Å². The molecule has 0 bridgehead atoms. The van der Waals surface area contributed by atoms with E-state index in [2.05, 4.69) is 10.3 Å². The van der Waals surface area contributed by atoms with E-state index in [1.54, 1.807) is 0 Å². The molecule has 1 aromatic heterocycles. The van der Waals surface area contributed by atoms with Gasteiger partial charge in [0.25, 0.3) is 0 Å². The number of hydrogen-bond donors (Lipinski definition) is 1. The second kappa shape index (κ2) is 4.82. The van der Waals surface area contributed by atoms with E-state index < -0.39 is 0 Å². The highest BCUT2D eigenvalue weighted by molar-refractivity contribution is 5.31. The second-order valence-corrected chi connectivity index (χ2v) is 4.46. The van der Waals surface area contributed by atoms with Crippen LogP contribution in [0.1, 0.15) is 22.9 Å². The van der Waals surface area contributed by atoms with Gasteiger partial charge < -0.3 is 14.5 Å². The smallest absolute Gasteiger partial charge is 0.232 e. The van der Waals surface area contributed by atoms with Gasteiger partial charge in [0.1, 0.15) is 11.5 Å². The van der Waals surface area contributed by atoms with Gasteiger partial charge in [0.15, 0.2) is 6.61 Å². The molecule has 94 valence electrons. The van der Waals surface area contributed by atoms with Crippen molar-refractivity contribution in [2.45, 2.75) is 26.5 Å². The van der Waals surface area contributed by atoms with E-state index in [0.29, 0.717) is 12.5 Å². The third kappa shape index (κ3) is 2.24. The number of aromatic nitrogens is 1. The number of ether oxygens (including phenoxy) is 1. The molecule has 0 atom stereocenters. The predicted molar refractivity (Wildman–Crippen MR) is 67.4 cm³/mol. The summed E-state index contributed by atoms with van der Waals surface area (Å²) >= 11 is 0. The average molecular weight is 244 g/mol. The van der Waals surface area contributed by atoms with Gasteiger partial charge in [-0.15, -0.1) is 0 Å². The zero-order chi connectivity index (χ0) is 12.4. The number of fused-ring (bicyclic) bond motifs is 1. The second-order valence-electron chi connectivity index (χ2n) is 4.46. The minimum absolute atomic E-state index is 0.387. The molecular formula is C14H16N2O2. The molecule has 1 aliphatic heterocycles. The molecule has 0 saturated carbocycles. The van der Waals surface area contributed by atoms with Crippen LogP contribution >= 0.6 is 0 Å². The lowest BCUT2D eigenvalue weighted by Crippen LogP contribution is -2.22. The first kappa shape index (κ1) is 11.3. The van der Waals surface area contributed by atoms with Gasteiger partial charge >= 0.3 is 0 Å². The predicted octanol–water partition coefficient (Wildman–Crippen LogP) is 2.21. The van der Waals surface area contributed by atoms with Crippen molar-refractivity contribution in [2.24, 2.45) is 0 Å². The maximum absolute atomic E-state index is 5.72. The van der Waals surface area contributed by atoms with Gasteiger partial charge in [0.2, 0.25) is 5.89 Å². The molecule has 4 heteroatoms. The van der Waals surface area contributed by atoms with Gasteiger partial charge in [-0.05, 0) is 18.6 Å². The van der Waals surface area contributed by atoms with E-state index in [1.165, 1.54) is 0 Å². The molecule has 0 spiro atoms. The number of para-hydroxylation sites is 1. The number of hydrogen-bond acceptors (Lipinski definition) is 4. The molecule has 0 unspecified atom stereocenters. The number of rotatable bonds is 3. The topological polar surface area (TPSA) is 47.3 Å². The van der Waals surface area contributed by atoms with Crippen LogP contribution in [0.5, 0.6) is 5.75 Å². The van der Waals surface area contributed by atoms with Crippen molar-refractivity contribution in [1.82, 2.24) is 10.3 Å². The van der Waals surface area contributed by atoms with Crippen molar-refractivity contribution >= 4 is 0 Å². The first-order valence-electron chi connectivity index (χ1n) is 6.19. The molecule has 1 aliphatic rings. The monoisotopic (exact) mass is 244 g/mol. The Morgan fingerprint density at radius 1 is 1.39 bits per heavy atom. The van der Waals surface area contributed by atoms with E-state index in [9.17, 15) is 0 Å². The molecule has 2 aromatic rings. The van der Waals surface area contributed by atoms with Crippen LogP contribution in [0.25, 0.3) is 0 Å². The molecule has 1 aromatic carbocycles. The zero-order valence-electron chi connectivity index (χ0n) is 10.4. The summed E-state index contributed by atoms with van der Waals surface area (Å²) in [5, 5.41) is 3.27. The van der Waals surface area contributed by atoms with Gasteiger partial charge in [-0.25, -0.2) is 4.98 Å². The number of benzene rings is 1. The fourth-order valence-corrected chi connectivity index (χ4v) is 2.10. The van der Waals surface area contributed by atoms with Crippen LogP contribution in [0.4, 0.5) is 0 Å². The zero-order valence-corrected chi connectivity index (χ0v) is 10.4. The van der Waals surface area contributed by atoms with Gasteiger partial charge in [-0.3, -0.25) is 0 Å². The Bertz CT molecular complexity index is 525. The fraction of sp³-hybridized carbons (Fsp3) is 0.357. The van der Waals surface area contributed by atoms with E-state index >= 15 is 0 Å². The summed E-state index contributed by atoms with van der Waals surface area (Å²) in [6.45, 7) is 4.17. The SMILES string of the molecule is Cc1ccccc1OCc1nc2c(o1)CCNC2. The summed E-state index contributed by atoms with van der Waals surface area (Å²) in [7, 11) is 0. The molecule has 0 fully saturated rings. The standard InChI is InChI=1S/C14H16N2O2/c1-10-4-2-3-5-12(10)17-9-14-16-11-8-15-7-6-13(11)18-14/h2-5,15H,6-9H2,1H3. The lowest BCUT2D eigenvalue weighted by molar-refractivity contribution is 0.257. The Hall–Kier alpha value is -1.81. The van der Waals surface area contributed by atoms with Crippen molar-refractivity contribution in [3.63, 3.8) is 0 Å². The Morgan fingerprint density at radius 3 is 3.11 bits per heavy atom. The van der Waals surface area contributed by atoms with Gasteiger partial charge in [-0.1, -0.05) is 18.2 Å². The molecule has 0 saturated heterocycles. The highest BCUT2D eigenvalue weighted by atomic mass is 16.5. The molecule has 0 aliphatic carbocycles. The van der Waals surface area contributed by atoms with Crippen molar-refractivity contribution in [2.75, 3.05) is 6.54 Å². The van der Waals surface area contributed by atoms with E-state index in [0.717, 1.165) is 42.3 Å². The molecule has 0 radical (unpaired) electrons. The van der Waals surface area contributed by atoms with Crippen LogP contribution < -0.4 is 10.1 Å². The van der Waals surface area contributed by atoms with Crippen molar-refractivity contribution in [3.8, 4) is 5.75 Å². The number of nitrogens with zero attached hydrogens (tertiary/aromatic N) is 1. The minimum atomic E-state index is 0.387. The third-order valence-corrected chi connectivity index (χ3v) is 3.09. The van der Waals surface area contributed by atoms with Gasteiger partial charge in [-0.2, -0.15) is 0 Å². The van der Waals surface area contributed by atoms with Gasteiger partial charge in [0.05, 0.1) is 5.69 Å². The minimum Gasteiger partial charge on any atom is -0.484 e. The summed E-state index contributed by atoms with van der Waals surface area (Å²) in [4.78, 5) is 4.44. The lowest BCUT2D eigenvalue weighted by Gasteiger charge is -2.08. The highest BCUT2D eigenvalue weighted by Crippen LogP contribution is 2.19. The molecule has 0 amide bonds. The fourth-order valence-electron chi connectivity index (χ4n) is 2.10.